The molecule has 1 heterocycles. The molecule has 130 valence electrons. The fourth-order valence-electron chi connectivity index (χ4n) is 2.33. The molecule has 1 aromatic carbocycles. The quantitative estimate of drug-likeness (QED) is 0.802. The molecule has 0 aliphatic carbocycles. The van der Waals surface area contributed by atoms with E-state index in [4.69, 9.17) is 9.26 Å². The zero-order valence-corrected chi connectivity index (χ0v) is 14.4. The summed E-state index contributed by atoms with van der Waals surface area (Å²) in [5.41, 5.74) is 2.43. The number of urea groups is 1. The van der Waals surface area contributed by atoms with Crippen LogP contribution in [0.25, 0.3) is 0 Å². The van der Waals surface area contributed by atoms with Crippen molar-refractivity contribution in [2.75, 3.05) is 20.2 Å². The Morgan fingerprint density at radius 2 is 2.25 bits per heavy atom. The van der Waals surface area contributed by atoms with E-state index >= 15 is 0 Å². The van der Waals surface area contributed by atoms with Gasteiger partial charge in [0.2, 0.25) is 5.89 Å². The molecule has 0 atom stereocenters. The lowest BCUT2D eigenvalue weighted by Crippen LogP contribution is -2.40. The van der Waals surface area contributed by atoms with E-state index in [9.17, 15) is 4.79 Å². The smallest absolute Gasteiger partial charge is 0.317 e. The molecule has 0 bridgehead atoms. The number of hydrogen-bond donors (Lipinski definition) is 1. The molecule has 1 N–H and O–H groups in total. The first-order chi connectivity index (χ1) is 11.6. The van der Waals surface area contributed by atoms with Crippen molar-refractivity contribution >= 4 is 6.03 Å². The Morgan fingerprint density at radius 3 is 2.96 bits per heavy atom. The number of carbonyl (C=O) groups is 1. The van der Waals surface area contributed by atoms with Gasteiger partial charge in [-0.1, -0.05) is 35.0 Å². The fourth-order valence-corrected chi connectivity index (χ4v) is 2.33. The predicted octanol–water partition coefficient (Wildman–Crippen LogP) is 2.30. The zero-order chi connectivity index (χ0) is 17.4. The van der Waals surface area contributed by atoms with Gasteiger partial charge < -0.3 is 19.5 Å². The third-order valence-corrected chi connectivity index (χ3v) is 3.55. The molecule has 0 aliphatic rings. The van der Waals surface area contributed by atoms with Gasteiger partial charge in [-0.15, -0.1) is 0 Å². The highest BCUT2D eigenvalue weighted by atomic mass is 16.5. The fraction of sp³-hybridized carbons (Fsp3) is 0.471. The van der Waals surface area contributed by atoms with E-state index in [1.54, 1.807) is 12.0 Å². The Bertz CT molecular complexity index is 657. The van der Waals surface area contributed by atoms with Crippen molar-refractivity contribution < 1.29 is 14.1 Å². The molecule has 0 radical (unpaired) electrons. The average molecular weight is 332 g/mol. The molecule has 1 aromatic heterocycles. The van der Waals surface area contributed by atoms with Crippen LogP contribution in [0.2, 0.25) is 0 Å². The van der Waals surface area contributed by atoms with Crippen LogP contribution < -0.4 is 5.32 Å². The molecule has 2 amide bonds. The highest BCUT2D eigenvalue weighted by Crippen LogP contribution is 2.06. The van der Waals surface area contributed by atoms with E-state index in [1.807, 2.05) is 13.0 Å². The highest BCUT2D eigenvalue weighted by Gasteiger charge is 2.15. The molecule has 2 aromatic rings. The van der Waals surface area contributed by atoms with Gasteiger partial charge in [-0.2, -0.15) is 4.98 Å². The first-order valence-corrected chi connectivity index (χ1v) is 8.01. The number of benzene rings is 1. The summed E-state index contributed by atoms with van der Waals surface area (Å²) in [7, 11) is 1.57. The van der Waals surface area contributed by atoms with Crippen LogP contribution in [0.3, 0.4) is 0 Å². The van der Waals surface area contributed by atoms with Crippen LogP contribution >= 0.6 is 0 Å². The Labute approximate surface area is 142 Å². The van der Waals surface area contributed by atoms with Crippen molar-refractivity contribution in [3.05, 3.63) is 47.1 Å². The van der Waals surface area contributed by atoms with Gasteiger partial charge in [-0.3, -0.25) is 0 Å². The minimum absolute atomic E-state index is 0.142. The largest absolute Gasteiger partial charge is 0.377 e. The van der Waals surface area contributed by atoms with Gasteiger partial charge in [0, 0.05) is 20.2 Å². The molecule has 2 rings (SSSR count). The minimum Gasteiger partial charge on any atom is -0.377 e. The van der Waals surface area contributed by atoms with Crippen molar-refractivity contribution in [1.29, 1.82) is 0 Å². The van der Waals surface area contributed by atoms with E-state index in [2.05, 4.69) is 40.6 Å². The number of carbonyl (C=O) groups excluding carboxylic acids is 1. The molecule has 0 unspecified atom stereocenters. The van der Waals surface area contributed by atoms with Crippen molar-refractivity contribution in [3.8, 4) is 0 Å². The second-order valence-corrected chi connectivity index (χ2v) is 5.52. The number of hydrogen-bond acceptors (Lipinski definition) is 5. The maximum atomic E-state index is 12.3. The number of nitrogens with one attached hydrogen (secondary N) is 1. The first-order valence-electron chi connectivity index (χ1n) is 8.01. The number of aryl methyl sites for hydroxylation is 1. The van der Waals surface area contributed by atoms with Crippen molar-refractivity contribution in [3.63, 3.8) is 0 Å². The number of amides is 2. The summed E-state index contributed by atoms with van der Waals surface area (Å²) >= 11 is 0. The third-order valence-electron chi connectivity index (χ3n) is 3.55. The molecular formula is C17H24N4O3. The van der Waals surface area contributed by atoms with Gasteiger partial charge >= 0.3 is 6.03 Å². The molecule has 0 saturated heterocycles. The van der Waals surface area contributed by atoms with E-state index < -0.39 is 0 Å². The maximum absolute atomic E-state index is 12.3. The molecule has 0 aliphatic heterocycles. The Hall–Kier alpha value is -2.41. The summed E-state index contributed by atoms with van der Waals surface area (Å²) in [6, 6.07) is 8.13. The van der Waals surface area contributed by atoms with Gasteiger partial charge in [0.05, 0.1) is 0 Å². The third kappa shape index (κ3) is 5.34. The van der Waals surface area contributed by atoms with Crippen molar-refractivity contribution in [1.82, 2.24) is 20.4 Å². The number of aromatic nitrogens is 2. The SMILES string of the molecule is CCN(Cc1nc(COC)no1)C(=O)NCCc1cccc(C)c1. The number of methoxy groups -OCH3 is 1. The summed E-state index contributed by atoms with van der Waals surface area (Å²) in [4.78, 5) is 18.1. The Morgan fingerprint density at radius 1 is 1.42 bits per heavy atom. The van der Waals surface area contributed by atoms with Crippen molar-refractivity contribution in [2.45, 2.75) is 33.4 Å². The summed E-state index contributed by atoms with van der Waals surface area (Å²) in [5, 5.41) is 6.72. The minimum atomic E-state index is -0.142. The van der Waals surface area contributed by atoms with Crippen LogP contribution in [-0.4, -0.2) is 41.3 Å². The van der Waals surface area contributed by atoms with E-state index in [0.717, 1.165) is 6.42 Å². The van der Waals surface area contributed by atoms with E-state index in [-0.39, 0.29) is 19.2 Å². The summed E-state index contributed by atoms with van der Waals surface area (Å²) in [6.07, 6.45) is 0.795. The predicted molar refractivity (Wildman–Crippen MR) is 89.4 cm³/mol. The second-order valence-electron chi connectivity index (χ2n) is 5.52. The first kappa shape index (κ1) is 17.9. The van der Waals surface area contributed by atoms with Crippen LogP contribution in [-0.2, 0) is 24.3 Å². The Balaban J connectivity index is 1.82. The molecule has 0 saturated carbocycles. The standard InChI is InChI=1S/C17H24N4O3/c1-4-21(11-16-19-15(12-23-3)20-24-16)17(22)18-9-8-14-7-5-6-13(2)10-14/h5-7,10H,4,8-9,11-12H2,1-3H3,(H,18,22). The van der Waals surface area contributed by atoms with Crippen LogP contribution in [0.5, 0.6) is 0 Å². The van der Waals surface area contributed by atoms with Crippen molar-refractivity contribution in [2.24, 2.45) is 0 Å². The van der Waals surface area contributed by atoms with E-state index in [0.29, 0.717) is 24.8 Å². The number of nitrogens with zero attached hydrogens (tertiary/aromatic N) is 3. The molecule has 7 nitrogen and oxygen atoms in total. The summed E-state index contributed by atoms with van der Waals surface area (Å²) < 4.78 is 10.1. The molecule has 0 spiro atoms. The average Bonchev–Trinajstić information content (AvgIpc) is 3.00. The lowest BCUT2D eigenvalue weighted by molar-refractivity contribution is 0.174. The van der Waals surface area contributed by atoms with Crippen LogP contribution in [0.4, 0.5) is 4.79 Å². The molecular weight excluding hydrogens is 308 g/mol. The van der Waals surface area contributed by atoms with Gasteiger partial charge in [0.15, 0.2) is 5.82 Å². The van der Waals surface area contributed by atoms with Crippen LogP contribution in [0.15, 0.2) is 28.8 Å². The zero-order valence-electron chi connectivity index (χ0n) is 14.4. The lowest BCUT2D eigenvalue weighted by Gasteiger charge is -2.19. The summed E-state index contributed by atoms with van der Waals surface area (Å²) in [5.74, 6) is 0.876. The monoisotopic (exact) mass is 332 g/mol. The highest BCUT2D eigenvalue weighted by molar-refractivity contribution is 5.74. The molecule has 7 heteroatoms. The molecule has 24 heavy (non-hydrogen) atoms. The lowest BCUT2D eigenvalue weighted by atomic mass is 10.1. The van der Waals surface area contributed by atoms with Gasteiger partial charge in [-0.05, 0) is 25.8 Å². The topological polar surface area (TPSA) is 80.5 Å². The van der Waals surface area contributed by atoms with Gasteiger partial charge in [0.25, 0.3) is 0 Å². The normalized spacial score (nSPS) is 10.6. The second kappa shape index (κ2) is 9.02. The van der Waals surface area contributed by atoms with Crippen LogP contribution in [0.1, 0.15) is 29.8 Å². The van der Waals surface area contributed by atoms with Gasteiger partial charge in [-0.25, -0.2) is 4.79 Å². The Kier molecular flexibility index (Phi) is 6.74. The van der Waals surface area contributed by atoms with Gasteiger partial charge in [0.1, 0.15) is 13.2 Å². The summed E-state index contributed by atoms with van der Waals surface area (Å²) in [6.45, 7) is 5.67. The molecule has 0 fully saturated rings. The number of ether oxygens (including phenoxy) is 1. The maximum Gasteiger partial charge on any atom is 0.317 e. The van der Waals surface area contributed by atoms with Crippen LogP contribution in [0, 0.1) is 6.92 Å². The van der Waals surface area contributed by atoms with E-state index in [1.165, 1.54) is 11.1 Å². The number of rotatable bonds is 8.